The summed E-state index contributed by atoms with van der Waals surface area (Å²) < 4.78 is 11.2. The highest BCUT2D eigenvalue weighted by molar-refractivity contribution is 7.09. The Hall–Kier alpha value is -1.59. The van der Waals surface area contributed by atoms with E-state index in [0.717, 1.165) is 37.4 Å². The molecule has 0 saturated heterocycles. The molecular formula is C17H24N2O2S. The van der Waals surface area contributed by atoms with Gasteiger partial charge in [-0.3, -0.25) is 0 Å². The molecule has 2 aromatic rings. The molecular weight excluding hydrogens is 296 g/mol. The van der Waals surface area contributed by atoms with Crippen molar-refractivity contribution in [3.63, 3.8) is 0 Å². The second-order valence-electron chi connectivity index (χ2n) is 4.82. The Kier molecular flexibility index (Phi) is 7.19. The van der Waals surface area contributed by atoms with Crippen molar-refractivity contribution in [2.24, 2.45) is 0 Å². The van der Waals surface area contributed by atoms with Crippen molar-refractivity contribution in [3.05, 3.63) is 40.3 Å². The van der Waals surface area contributed by atoms with Crippen LogP contribution in [0.5, 0.6) is 11.5 Å². The zero-order chi connectivity index (χ0) is 15.6. The van der Waals surface area contributed by atoms with Crippen molar-refractivity contribution >= 4 is 11.3 Å². The highest BCUT2D eigenvalue weighted by Gasteiger charge is 2.06. The summed E-state index contributed by atoms with van der Waals surface area (Å²) in [5, 5.41) is 6.66. The molecule has 0 aliphatic heterocycles. The minimum atomic E-state index is 0.648. The molecule has 120 valence electrons. The van der Waals surface area contributed by atoms with Crippen molar-refractivity contribution < 1.29 is 9.47 Å². The van der Waals surface area contributed by atoms with Crippen LogP contribution in [0.3, 0.4) is 0 Å². The van der Waals surface area contributed by atoms with Gasteiger partial charge in [0, 0.05) is 24.5 Å². The van der Waals surface area contributed by atoms with Crippen LogP contribution in [0.4, 0.5) is 0 Å². The quantitative estimate of drug-likeness (QED) is 0.682. The van der Waals surface area contributed by atoms with Crippen LogP contribution in [0.25, 0.3) is 0 Å². The first-order chi connectivity index (χ1) is 10.8. The zero-order valence-electron chi connectivity index (χ0n) is 13.3. The maximum absolute atomic E-state index is 5.65. The van der Waals surface area contributed by atoms with Crippen molar-refractivity contribution in [2.45, 2.75) is 26.7 Å². The molecule has 0 bridgehead atoms. The van der Waals surface area contributed by atoms with Gasteiger partial charge in [0.15, 0.2) is 11.5 Å². The van der Waals surface area contributed by atoms with E-state index < -0.39 is 0 Å². The largest absolute Gasteiger partial charge is 0.490 e. The number of hydrogen-bond donors (Lipinski definition) is 1. The topological polar surface area (TPSA) is 43.4 Å². The van der Waals surface area contributed by atoms with E-state index in [1.54, 1.807) is 11.3 Å². The summed E-state index contributed by atoms with van der Waals surface area (Å²) >= 11 is 1.71. The zero-order valence-corrected chi connectivity index (χ0v) is 14.1. The van der Waals surface area contributed by atoms with E-state index in [1.165, 1.54) is 10.6 Å². The fraction of sp³-hybridized carbons (Fsp3) is 0.471. The van der Waals surface area contributed by atoms with Gasteiger partial charge in [0.05, 0.1) is 18.2 Å². The lowest BCUT2D eigenvalue weighted by atomic mass is 10.1. The van der Waals surface area contributed by atoms with E-state index in [-0.39, 0.29) is 0 Å². The first-order valence-electron chi connectivity index (χ1n) is 7.81. The molecule has 0 amide bonds. The van der Waals surface area contributed by atoms with Crippen LogP contribution in [0.1, 0.15) is 24.4 Å². The van der Waals surface area contributed by atoms with Gasteiger partial charge in [-0.25, -0.2) is 4.98 Å². The van der Waals surface area contributed by atoms with E-state index in [1.807, 2.05) is 31.5 Å². The molecule has 0 spiro atoms. The lowest BCUT2D eigenvalue weighted by Gasteiger charge is -2.12. The van der Waals surface area contributed by atoms with Crippen LogP contribution in [0.15, 0.2) is 29.8 Å². The third kappa shape index (κ3) is 5.31. The monoisotopic (exact) mass is 320 g/mol. The van der Waals surface area contributed by atoms with Crippen LogP contribution in [0, 0.1) is 0 Å². The van der Waals surface area contributed by atoms with Crippen LogP contribution >= 0.6 is 11.3 Å². The predicted octanol–water partition coefficient (Wildman–Crippen LogP) is 3.32. The first kappa shape index (κ1) is 16.8. The molecule has 4 nitrogen and oxygen atoms in total. The number of nitrogens with zero attached hydrogens (tertiary/aromatic N) is 1. The summed E-state index contributed by atoms with van der Waals surface area (Å²) in [6.07, 6.45) is 3.82. The van der Waals surface area contributed by atoms with Gasteiger partial charge in [0.25, 0.3) is 0 Å². The van der Waals surface area contributed by atoms with Crippen LogP contribution in [-0.4, -0.2) is 31.3 Å². The second-order valence-corrected chi connectivity index (χ2v) is 5.80. The van der Waals surface area contributed by atoms with E-state index in [4.69, 9.17) is 9.47 Å². The summed E-state index contributed by atoms with van der Waals surface area (Å²) in [6.45, 7) is 7.18. The Morgan fingerprint density at radius 1 is 1.05 bits per heavy atom. The number of hydrogen-bond acceptors (Lipinski definition) is 5. The normalized spacial score (nSPS) is 10.6. The number of ether oxygens (including phenoxy) is 2. The molecule has 0 aliphatic rings. The van der Waals surface area contributed by atoms with E-state index in [0.29, 0.717) is 13.2 Å². The molecule has 0 saturated carbocycles. The van der Waals surface area contributed by atoms with Crippen LogP contribution < -0.4 is 14.8 Å². The Morgan fingerprint density at radius 3 is 2.55 bits per heavy atom. The number of rotatable bonds is 10. The number of thiazole rings is 1. The molecule has 1 N–H and O–H groups in total. The van der Waals surface area contributed by atoms with Crippen LogP contribution in [0.2, 0.25) is 0 Å². The summed E-state index contributed by atoms with van der Waals surface area (Å²) in [5.74, 6) is 1.66. The maximum atomic E-state index is 5.65. The van der Waals surface area contributed by atoms with Gasteiger partial charge in [-0.1, -0.05) is 6.07 Å². The van der Waals surface area contributed by atoms with Gasteiger partial charge >= 0.3 is 0 Å². The molecule has 0 aliphatic carbocycles. The third-order valence-electron chi connectivity index (χ3n) is 3.20. The van der Waals surface area contributed by atoms with E-state index in [9.17, 15) is 0 Å². The van der Waals surface area contributed by atoms with Crippen molar-refractivity contribution in [2.75, 3.05) is 26.3 Å². The molecule has 2 rings (SSSR count). The highest BCUT2D eigenvalue weighted by atomic mass is 32.1. The lowest BCUT2D eigenvalue weighted by molar-refractivity contribution is 0.287. The maximum Gasteiger partial charge on any atom is 0.161 e. The minimum Gasteiger partial charge on any atom is -0.490 e. The SMILES string of the molecule is CCOc1ccc(CCNCCc2nccs2)cc1OCC. The van der Waals surface area contributed by atoms with Crippen molar-refractivity contribution in [1.82, 2.24) is 10.3 Å². The van der Waals surface area contributed by atoms with E-state index >= 15 is 0 Å². The average molecular weight is 320 g/mol. The first-order valence-corrected chi connectivity index (χ1v) is 8.69. The molecule has 1 aromatic heterocycles. The Bertz CT molecular complexity index is 544. The second kappa shape index (κ2) is 9.43. The van der Waals surface area contributed by atoms with Crippen molar-refractivity contribution in [1.29, 1.82) is 0 Å². The molecule has 5 heteroatoms. The van der Waals surface area contributed by atoms with Crippen molar-refractivity contribution in [3.8, 4) is 11.5 Å². The minimum absolute atomic E-state index is 0.648. The third-order valence-corrected chi connectivity index (χ3v) is 4.04. The van der Waals surface area contributed by atoms with Gasteiger partial charge in [0.1, 0.15) is 0 Å². The Morgan fingerprint density at radius 2 is 1.82 bits per heavy atom. The van der Waals surface area contributed by atoms with Crippen LogP contribution in [-0.2, 0) is 12.8 Å². The Balaban J connectivity index is 1.78. The summed E-state index contributed by atoms with van der Waals surface area (Å²) in [6, 6.07) is 6.19. The summed E-state index contributed by atoms with van der Waals surface area (Å²) in [5.41, 5.74) is 1.26. The molecule has 0 atom stereocenters. The van der Waals surface area contributed by atoms with E-state index in [2.05, 4.69) is 22.4 Å². The average Bonchev–Trinajstić information content (AvgIpc) is 3.03. The highest BCUT2D eigenvalue weighted by Crippen LogP contribution is 2.28. The predicted molar refractivity (Wildman–Crippen MR) is 91.2 cm³/mol. The lowest BCUT2D eigenvalue weighted by Crippen LogP contribution is -2.20. The molecule has 1 heterocycles. The Labute approximate surface area is 136 Å². The number of aromatic nitrogens is 1. The number of benzene rings is 1. The molecule has 22 heavy (non-hydrogen) atoms. The fourth-order valence-corrected chi connectivity index (χ4v) is 2.80. The van der Waals surface area contributed by atoms with Gasteiger partial charge in [-0.2, -0.15) is 0 Å². The standard InChI is InChI=1S/C17H24N2O2S/c1-3-20-15-6-5-14(13-16(15)21-4-2)7-9-18-10-8-17-19-11-12-22-17/h5-6,11-13,18H,3-4,7-10H2,1-2H3. The van der Waals surface area contributed by atoms with Gasteiger partial charge < -0.3 is 14.8 Å². The molecule has 0 unspecified atom stereocenters. The van der Waals surface area contributed by atoms with Gasteiger partial charge in [-0.15, -0.1) is 11.3 Å². The van der Waals surface area contributed by atoms with Gasteiger partial charge in [0.2, 0.25) is 0 Å². The molecule has 0 radical (unpaired) electrons. The molecule has 0 fully saturated rings. The van der Waals surface area contributed by atoms with Gasteiger partial charge in [-0.05, 0) is 44.5 Å². The molecule has 1 aromatic carbocycles. The smallest absolute Gasteiger partial charge is 0.161 e. The number of nitrogens with one attached hydrogen (secondary N) is 1. The summed E-state index contributed by atoms with van der Waals surface area (Å²) in [4.78, 5) is 4.28. The summed E-state index contributed by atoms with van der Waals surface area (Å²) in [7, 11) is 0. The fourth-order valence-electron chi connectivity index (χ4n) is 2.18.